The fourth-order valence-electron chi connectivity index (χ4n) is 9.65. The van der Waals surface area contributed by atoms with Gasteiger partial charge in [0.1, 0.15) is 42.3 Å². The van der Waals surface area contributed by atoms with Gasteiger partial charge in [0.15, 0.2) is 0 Å². The van der Waals surface area contributed by atoms with Crippen molar-refractivity contribution in [3.8, 4) is 22.5 Å². The van der Waals surface area contributed by atoms with Gasteiger partial charge in [0, 0.05) is 74.1 Å². The molecular formula is C62H84Cl3LiN8O14. The van der Waals surface area contributed by atoms with E-state index in [1.165, 1.54) is 10.0 Å². The van der Waals surface area contributed by atoms with Crippen LogP contribution in [0.5, 0.6) is 0 Å². The summed E-state index contributed by atoms with van der Waals surface area (Å²) >= 11 is 16.9. The van der Waals surface area contributed by atoms with Crippen LogP contribution in [0.3, 0.4) is 0 Å². The van der Waals surface area contributed by atoms with Crippen LogP contribution in [0.1, 0.15) is 141 Å². The van der Waals surface area contributed by atoms with Gasteiger partial charge in [-0.25, -0.2) is 10.9 Å². The van der Waals surface area contributed by atoms with Gasteiger partial charge in [-0.15, -0.1) is 0 Å². The van der Waals surface area contributed by atoms with E-state index in [9.17, 15) is 53.7 Å². The molecule has 478 valence electrons. The number of aliphatic carboxylic acids is 1. The molecule has 0 radical (unpaired) electrons. The van der Waals surface area contributed by atoms with Crippen molar-refractivity contribution in [3.05, 3.63) is 107 Å². The van der Waals surface area contributed by atoms with Crippen LogP contribution in [0.4, 0.5) is 0 Å². The van der Waals surface area contributed by atoms with E-state index in [0.29, 0.717) is 51.6 Å². The number of hydrazine groups is 2. The molecule has 8 atom stereocenters. The third kappa shape index (κ3) is 24.8. The molecule has 2 aromatic carbocycles. The number of aliphatic hydroxyl groups excluding tert-OH is 2. The van der Waals surface area contributed by atoms with Gasteiger partial charge in [-0.1, -0.05) is 111 Å². The van der Waals surface area contributed by atoms with E-state index in [1.807, 2.05) is 100 Å². The van der Waals surface area contributed by atoms with Crippen LogP contribution in [0, 0.1) is 23.7 Å². The van der Waals surface area contributed by atoms with Crippen LogP contribution >= 0.6 is 34.8 Å². The van der Waals surface area contributed by atoms with Crippen LogP contribution in [0.2, 0.25) is 0 Å². The molecule has 0 saturated carbocycles. The average molecular weight is 1280 g/mol. The Morgan fingerprint density at radius 2 is 1.03 bits per heavy atom. The van der Waals surface area contributed by atoms with Gasteiger partial charge >= 0.3 is 30.8 Å². The Morgan fingerprint density at radius 3 is 1.39 bits per heavy atom. The number of carboxylic acid groups (broad SMARTS) is 1. The SMILES string of the molecule is CC(C)[C@H](CC(=O)CCc1ccc(-c2cccc([C@@H](C)O)c2)nc1)C(=O)N[C@@H](C)C(=O)N1CCC[C@@H](C(=O)O)N1.CC(C)[C@H](CC(=O)CCc1ccc(-c2cccc([C@@H](C)O)c2)nc1)C(=O)N[C@@H](C)C(=O)N1CCC[C@@H](C(=O)OCC(Cl)(Cl)Cl)N1.O.[Li+].[OH-]. The van der Waals surface area contributed by atoms with Gasteiger partial charge in [-0.2, -0.15) is 0 Å². The topological polar surface area (TPSA) is 348 Å². The second-order valence-electron chi connectivity index (χ2n) is 22.5. The number of rotatable bonds is 25. The van der Waals surface area contributed by atoms with Crippen LogP contribution in [0.15, 0.2) is 85.2 Å². The number of pyridine rings is 2. The van der Waals surface area contributed by atoms with E-state index in [4.69, 9.17) is 39.5 Å². The minimum atomic E-state index is -1.75. The second-order valence-corrected chi connectivity index (χ2v) is 25.1. The third-order valence-corrected chi connectivity index (χ3v) is 15.2. The normalized spacial score (nSPS) is 16.9. The van der Waals surface area contributed by atoms with Crippen molar-refractivity contribution >= 4 is 81.9 Å². The van der Waals surface area contributed by atoms with E-state index in [0.717, 1.165) is 44.8 Å². The van der Waals surface area contributed by atoms with Crippen LogP contribution in [-0.2, 0) is 55.9 Å². The summed E-state index contributed by atoms with van der Waals surface area (Å²) < 4.78 is 3.28. The molecule has 0 unspecified atom stereocenters. The van der Waals surface area contributed by atoms with Crippen molar-refractivity contribution in [2.75, 3.05) is 19.7 Å². The van der Waals surface area contributed by atoms with Crippen LogP contribution in [-0.4, -0.2) is 141 Å². The Bertz CT molecular complexity index is 2940. The zero-order chi connectivity index (χ0) is 62.7. The van der Waals surface area contributed by atoms with Gasteiger partial charge in [0.25, 0.3) is 11.8 Å². The number of esters is 1. The maximum absolute atomic E-state index is 13.2. The van der Waals surface area contributed by atoms with Gasteiger partial charge in [0.05, 0.1) is 23.6 Å². The summed E-state index contributed by atoms with van der Waals surface area (Å²) in [5.41, 5.74) is 12.3. The Kier molecular flexibility index (Phi) is 33.2. The second kappa shape index (κ2) is 37.3. The van der Waals surface area contributed by atoms with Crippen molar-refractivity contribution < 1.29 is 88.2 Å². The number of benzene rings is 2. The molecule has 4 aromatic rings. The summed E-state index contributed by atoms with van der Waals surface area (Å²) in [5.74, 6) is -4.86. The number of nitrogens with one attached hydrogen (secondary N) is 4. The number of Topliss-reactive ketones (excluding diaryl/α,β-unsaturated/α-hetero) is 2. The standard InChI is InChI=1S/C32H41Cl3N4O6.C30H40N4O6.Li.2H2O/c1-19(2)26(16-25(41)12-10-22-11-13-27(36-17-22)24-8-5-7-23(15-24)21(4)40)29(42)37-20(3)30(43)39-14-6-9-28(38-39)31(44)45-18-32(33,34)35;1-18(2)25(28(37)32-19(3)29(38)34-14-6-9-27(33-34)30(39)40)16-24(36)12-10-21-11-13-26(31-17-21)23-8-5-7-22(15-23)20(4)35;;;/h5,7-8,11,13,15,17,19-21,26,28,38,40H,6,9-10,12,14,16,18H2,1-4H3,(H,37,42);5,7-8,11,13,15,17-20,25,27,33,35H,6,9-10,12,14,16H2,1-4H3,(H,32,37)(H,39,40);;2*1H2/q;;+1;;/p-1/t20-,21+,26-,28-;19-,20+,25-,27-;;;/m00.../s1. The minimum absolute atomic E-state index is 0. The maximum atomic E-state index is 13.2. The van der Waals surface area contributed by atoms with Gasteiger partial charge in [-0.05, 0) is 125 Å². The molecule has 2 saturated heterocycles. The third-order valence-electron chi connectivity index (χ3n) is 14.9. The molecule has 2 fully saturated rings. The Morgan fingerprint density at radius 1 is 0.636 bits per heavy atom. The molecule has 4 amide bonds. The number of ketones is 2. The minimum Gasteiger partial charge on any atom is -0.870 e. The van der Waals surface area contributed by atoms with Gasteiger partial charge in [0.2, 0.25) is 15.6 Å². The van der Waals surface area contributed by atoms with Gasteiger partial charge < -0.3 is 41.6 Å². The molecule has 88 heavy (non-hydrogen) atoms. The summed E-state index contributed by atoms with van der Waals surface area (Å²) in [6, 6.07) is 19.3. The summed E-state index contributed by atoms with van der Waals surface area (Å²) in [6.07, 6.45) is 5.85. The first-order chi connectivity index (χ1) is 40.1. The monoisotopic (exact) mass is 1280 g/mol. The Balaban J connectivity index is 0.000000584. The number of nitrogens with zero attached hydrogens (tertiary/aromatic N) is 4. The quantitative estimate of drug-likeness (QED) is 0.0281. The van der Waals surface area contributed by atoms with E-state index < -0.39 is 82.4 Å². The number of aliphatic hydroxyl groups is 2. The molecule has 2 aliphatic heterocycles. The number of aryl methyl sites for hydroxylation is 2. The molecule has 2 aliphatic rings. The summed E-state index contributed by atoms with van der Waals surface area (Å²) in [5, 5.41) is 36.9. The van der Waals surface area contributed by atoms with Crippen molar-refractivity contribution in [1.82, 2.24) is 41.5 Å². The van der Waals surface area contributed by atoms with Crippen molar-refractivity contribution in [2.45, 2.75) is 160 Å². The Hall–Kier alpha value is -5.87. The molecular weight excluding hydrogens is 1190 g/mol. The van der Waals surface area contributed by atoms with Crippen LogP contribution in [0.25, 0.3) is 22.5 Å². The summed E-state index contributed by atoms with van der Waals surface area (Å²) in [6.45, 7) is 14.3. The van der Waals surface area contributed by atoms with E-state index in [2.05, 4.69) is 31.5 Å². The summed E-state index contributed by atoms with van der Waals surface area (Å²) in [7, 11) is 0. The fourth-order valence-corrected chi connectivity index (χ4v) is 9.81. The molecule has 22 nitrogen and oxygen atoms in total. The predicted molar refractivity (Wildman–Crippen MR) is 329 cm³/mol. The average Bonchev–Trinajstić information content (AvgIpc) is 1.84. The number of hydrogen-bond donors (Lipinski definition) is 7. The van der Waals surface area contributed by atoms with Crippen molar-refractivity contribution in [3.63, 3.8) is 0 Å². The van der Waals surface area contributed by atoms with E-state index in [1.54, 1.807) is 40.1 Å². The zero-order valence-corrected chi connectivity index (χ0v) is 53.7. The molecule has 0 spiro atoms. The van der Waals surface area contributed by atoms with Gasteiger partial charge in [-0.3, -0.25) is 58.3 Å². The molecule has 0 bridgehead atoms. The first-order valence-corrected chi connectivity index (χ1v) is 30.0. The first kappa shape index (κ1) is 78.2. The molecule has 6 rings (SSSR count). The molecule has 2 aromatic heterocycles. The number of carbonyl (C=O) groups is 8. The number of ether oxygens (including phenoxy) is 1. The fraction of sp³-hybridized carbons (Fsp3) is 0.516. The molecule has 10 N–H and O–H groups in total. The Labute approximate surface area is 541 Å². The number of amides is 4. The zero-order valence-electron chi connectivity index (χ0n) is 51.4. The number of alkyl halides is 3. The number of carboxylic acids is 1. The van der Waals surface area contributed by atoms with Crippen molar-refractivity contribution in [1.29, 1.82) is 0 Å². The maximum Gasteiger partial charge on any atom is 1.00 e. The molecule has 26 heteroatoms. The first-order valence-electron chi connectivity index (χ1n) is 28.8. The molecule has 4 heterocycles. The summed E-state index contributed by atoms with van der Waals surface area (Å²) in [4.78, 5) is 111. The van der Waals surface area contributed by atoms with Crippen LogP contribution < -0.4 is 40.3 Å². The molecule has 0 aliphatic carbocycles. The van der Waals surface area contributed by atoms with E-state index >= 15 is 0 Å². The predicted octanol–water partition coefficient (Wildman–Crippen LogP) is 3.93. The number of aromatic nitrogens is 2. The number of halogens is 3. The van der Waals surface area contributed by atoms with E-state index in [-0.39, 0.29) is 90.7 Å². The number of hydrogen-bond acceptors (Lipinski definition) is 16. The van der Waals surface area contributed by atoms with Crippen molar-refractivity contribution in [2.24, 2.45) is 23.7 Å². The largest absolute Gasteiger partial charge is 1.00 e. The number of carbonyl (C=O) groups excluding carboxylic acids is 7. The smallest absolute Gasteiger partial charge is 0.870 e.